The number of aromatic nitrogens is 2. The maximum atomic E-state index is 12.1. The molecule has 1 aromatic heterocycles. The van der Waals surface area contributed by atoms with E-state index in [1.54, 1.807) is 19.1 Å². The Kier molecular flexibility index (Phi) is 7.47. The van der Waals surface area contributed by atoms with Crippen molar-refractivity contribution >= 4 is 56.7 Å². The number of anilines is 1. The van der Waals surface area contributed by atoms with E-state index >= 15 is 0 Å². The number of carbonyl (C=O) groups excluding carboxylic acids is 2. The van der Waals surface area contributed by atoms with Gasteiger partial charge in [-0.3, -0.25) is 4.79 Å². The quantitative estimate of drug-likeness (QED) is 0.457. The first kappa shape index (κ1) is 24.1. The average molecular weight is 502 g/mol. The molecule has 0 radical (unpaired) electrons. The van der Waals surface area contributed by atoms with Gasteiger partial charge in [-0.05, 0) is 37.6 Å². The number of carbonyl (C=O) groups is 2. The molecule has 172 valence electrons. The number of nitrogens with one attached hydrogen (secondary N) is 1. The van der Waals surface area contributed by atoms with E-state index in [9.17, 15) is 18.0 Å². The zero-order valence-corrected chi connectivity index (χ0v) is 19.6. The van der Waals surface area contributed by atoms with Gasteiger partial charge in [0.05, 0.1) is 36.0 Å². The molecule has 2 aromatic rings. The van der Waals surface area contributed by atoms with E-state index in [4.69, 9.17) is 32.7 Å². The van der Waals surface area contributed by atoms with Crippen molar-refractivity contribution in [2.75, 3.05) is 30.5 Å². The van der Waals surface area contributed by atoms with Crippen molar-refractivity contribution in [3.63, 3.8) is 0 Å². The van der Waals surface area contributed by atoms with Crippen molar-refractivity contribution in [1.82, 2.24) is 9.78 Å². The normalized spacial score (nSPS) is 17.4. The molecule has 0 spiro atoms. The second kappa shape index (κ2) is 9.93. The summed E-state index contributed by atoms with van der Waals surface area (Å²) in [6.45, 7) is 1.17. The molecule has 1 aliphatic rings. The van der Waals surface area contributed by atoms with E-state index in [1.165, 1.54) is 23.9 Å². The Hall–Kier alpha value is -2.56. The Labute approximate surface area is 195 Å². The summed E-state index contributed by atoms with van der Waals surface area (Å²) >= 11 is 12.3. The van der Waals surface area contributed by atoms with Crippen LogP contribution in [0.15, 0.2) is 24.3 Å². The van der Waals surface area contributed by atoms with Crippen LogP contribution in [0.3, 0.4) is 0 Å². The van der Waals surface area contributed by atoms with E-state index in [2.05, 4.69) is 10.4 Å². The number of methoxy groups -OCH3 is 1. The Balaban J connectivity index is 1.59. The standard InChI is InChI=1S/C20H21Cl2N3O6S/c1-12-15(20(22)25(24-12)14-7-8-32(28,29)11-14)4-6-19(27)31-10-18(26)23-16-9-13(21)3-5-17(16)30-2/h3-6,9,14H,7-8,10-11H2,1-2H3,(H,23,26)/b6-4+/t14-/m1/s1. The molecule has 2 heterocycles. The highest BCUT2D eigenvalue weighted by Crippen LogP contribution is 2.30. The number of sulfone groups is 1. The van der Waals surface area contributed by atoms with Gasteiger partial charge in [-0.15, -0.1) is 0 Å². The molecule has 3 rings (SSSR count). The van der Waals surface area contributed by atoms with E-state index < -0.39 is 28.3 Å². The fraction of sp³-hybridized carbons (Fsp3) is 0.350. The van der Waals surface area contributed by atoms with Gasteiger partial charge >= 0.3 is 5.97 Å². The fourth-order valence-electron chi connectivity index (χ4n) is 3.23. The monoisotopic (exact) mass is 501 g/mol. The number of nitrogens with zero attached hydrogens (tertiary/aromatic N) is 2. The Morgan fingerprint density at radius 2 is 2.09 bits per heavy atom. The van der Waals surface area contributed by atoms with Gasteiger partial charge in [0, 0.05) is 16.7 Å². The lowest BCUT2D eigenvalue weighted by Gasteiger charge is -2.10. The SMILES string of the molecule is COc1ccc(Cl)cc1NC(=O)COC(=O)/C=C/c1c(C)nn([C@@H]2CCS(=O)(=O)C2)c1Cl. The average Bonchev–Trinajstić information content (AvgIpc) is 3.23. The van der Waals surface area contributed by atoms with Gasteiger partial charge in [-0.1, -0.05) is 23.2 Å². The van der Waals surface area contributed by atoms with E-state index in [1.807, 2.05) is 0 Å². The summed E-state index contributed by atoms with van der Waals surface area (Å²) in [6.07, 6.45) is 2.98. The smallest absolute Gasteiger partial charge is 0.331 e. The van der Waals surface area contributed by atoms with Crippen molar-refractivity contribution in [2.24, 2.45) is 0 Å². The predicted octanol–water partition coefficient (Wildman–Crippen LogP) is 3.06. The topological polar surface area (TPSA) is 117 Å². The number of esters is 1. The van der Waals surface area contributed by atoms with Crippen molar-refractivity contribution in [3.8, 4) is 5.75 Å². The lowest BCUT2D eigenvalue weighted by atomic mass is 10.2. The molecule has 0 unspecified atom stereocenters. The summed E-state index contributed by atoms with van der Waals surface area (Å²) in [5, 5.41) is 7.51. The van der Waals surface area contributed by atoms with Gasteiger partial charge in [0.1, 0.15) is 10.9 Å². The second-order valence-corrected chi connectivity index (χ2v) is 10.1. The van der Waals surface area contributed by atoms with Crippen LogP contribution in [-0.2, 0) is 24.2 Å². The first-order valence-corrected chi connectivity index (χ1v) is 12.1. The van der Waals surface area contributed by atoms with Gasteiger partial charge in [0.2, 0.25) is 0 Å². The summed E-state index contributed by atoms with van der Waals surface area (Å²) in [4.78, 5) is 24.1. The zero-order chi connectivity index (χ0) is 23.5. The molecule has 1 N–H and O–H groups in total. The highest BCUT2D eigenvalue weighted by molar-refractivity contribution is 7.91. The second-order valence-electron chi connectivity index (χ2n) is 7.13. The van der Waals surface area contributed by atoms with Crippen molar-refractivity contribution in [1.29, 1.82) is 0 Å². The van der Waals surface area contributed by atoms with Gasteiger partial charge in [0.25, 0.3) is 5.91 Å². The molecule has 1 atom stereocenters. The highest BCUT2D eigenvalue weighted by Gasteiger charge is 2.31. The van der Waals surface area contributed by atoms with Crippen LogP contribution in [0.1, 0.15) is 23.7 Å². The molecule has 1 aromatic carbocycles. The number of rotatable bonds is 7. The summed E-state index contributed by atoms with van der Waals surface area (Å²) in [5.74, 6) is -0.855. The van der Waals surface area contributed by atoms with Crippen LogP contribution in [0.25, 0.3) is 6.08 Å². The minimum Gasteiger partial charge on any atom is -0.495 e. The molecule has 0 saturated carbocycles. The first-order valence-electron chi connectivity index (χ1n) is 9.53. The van der Waals surface area contributed by atoms with Gasteiger partial charge in [-0.25, -0.2) is 17.9 Å². The number of hydrogen-bond donors (Lipinski definition) is 1. The lowest BCUT2D eigenvalue weighted by Crippen LogP contribution is -2.20. The summed E-state index contributed by atoms with van der Waals surface area (Å²) in [6, 6.07) is 4.38. The van der Waals surface area contributed by atoms with E-state index in [0.717, 1.165) is 6.08 Å². The van der Waals surface area contributed by atoms with Crippen LogP contribution in [-0.4, -0.2) is 55.3 Å². The third kappa shape index (κ3) is 5.81. The minimum absolute atomic E-state index is 0.0223. The first-order chi connectivity index (χ1) is 15.1. The molecule has 1 amide bonds. The minimum atomic E-state index is -3.10. The molecule has 9 nitrogen and oxygen atoms in total. The van der Waals surface area contributed by atoms with Crippen LogP contribution >= 0.6 is 23.2 Å². The fourth-order valence-corrected chi connectivity index (χ4v) is 5.47. The molecule has 1 fully saturated rings. The molecule has 0 bridgehead atoms. The molecule has 12 heteroatoms. The van der Waals surface area contributed by atoms with E-state index in [0.29, 0.717) is 34.1 Å². The van der Waals surface area contributed by atoms with Crippen molar-refractivity contribution in [2.45, 2.75) is 19.4 Å². The number of halogens is 2. The van der Waals surface area contributed by atoms with Crippen LogP contribution in [0, 0.1) is 6.92 Å². The number of amides is 1. The van der Waals surface area contributed by atoms with Crippen molar-refractivity contribution < 1.29 is 27.5 Å². The molecule has 0 aliphatic carbocycles. The number of hydrogen-bond acceptors (Lipinski definition) is 7. The van der Waals surface area contributed by atoms with Gasteiger partial charge in [0.15, 0.2) is 16.4 Å². The molecule has 32 heavy (non-hydrogen) atoms. The Morgan fingerprint density at radius 3 is 2.75 bits per heavy atom. The molecule has 1 saturated heterocycles. The Bertz CT molecular complexity index is 1180. The summed E-state index contributed by atoms with van der Waals surface area (Å²) < 4.78 is 35.0. The zero-order valence-electron chi connectivity index (χ0n) is 17.3. The predicted molar refractivity (Wildman–Crippen MR) is 121 cm³/mol. The molecule has 1 aliphatic heterocycles. The number of ether oxygens (including phenoxy) is 2. The van der Waals surface area contributed by atoms with Crippen molar-refractivity contribution in [3.05, 3.63) is 45.7 Å². The van der Waals surface area contributed by atoms with Crippen LogP contribution in [0.2, 0.25) is 10.2 Å². The maximum Gasteiger partial charge on any atom is 0.331 e. The summed E-state index contributed by atoms with van der Waals surface area (Å²) in [5.41, 5.74) is 1.36. The van der Waals surface area contributed by atoms with Crippen LogP contribution in [0.4, 0.5) is 5.69 Å². The van der Waals surface area contributed by atoms with Gasteiger partial charge in [-0.2, -0.15) is 5.10 Å². The van der Waals surface area contributed by atoms with Crippen LogP contribution in [0.5, 0.6) is 5.75 Å². The number of benzene rings is 1. The third-order valence-corrected chi connectivity index (χ3v) is 7.15. The maximum absolute atomic E-state index is 12.1. The molecular formula is C20H21Cl2N3O6S. The highest BCUT2D eigenvalue weighted by atomic mass is 35.5. The summed E-state index contributed by atoms with van der Waals surface area (Å²) in [7, 11) is -1.65. The van der Waals surface area contributed by atoms with Crippen LogP contribution < -0.4 is 10.1 Å². The van der Waals surface area contributed by atoms with Gasteiger partial charge < -0.3 is 14.8 Å². The Morgan fingerprint density at radius 1 is 1.34 bits per heavy atom. The largest absolute Gasteiger partial charge is 0.495 e. The van der Waals surface area contributed by atoms with E-state index in [-0.39, 0.29) is 22.7 Å². The lowest BCUT2D eigenvalue weighted by molar-refractivity contribution is -0.142. The third-order valence-electron chi connectivity index (χ3n) is 4.79. The number of aryl methyl sites for hydroxylation is 1. The molecular weight excluding hydrogens is 481 g/mol.